The van der Waals surface area contributed by atoms with E-state index in [-0.39, 0.29) is 11.8 Å². The van der Waals surface area contributed by atoms with E-state index in [1.165, 1.54) is 4.90 Å². The molecule has 0 atom stereocenters. The second kappa shape index (κ2) is 4.56. The summed E-state index contributed by atoms with van der Waals surface area (Å²) in [4.78, 5) is 25.8. The molecule has 1 heterocycles. The van der Waals surface area contributed by atoms with Crippen LogP contribution in [0.5, 0.6) is 0 Å². The van der Waals surface area contributed by atoms with E-state index in [0.29, 0.717) is 16.8 Å². The van der Waals surface area contributed by atoms with Crippen molar-refractivity contribution >= 4 is 44.2 Å². The maximum Gasteiger partial charge on any atom is 0.261 e. The molecular weight excluding hydrogens is 318 g/mol. The van der Waals surface area contributed by atoms with Gasteiger partial charge in [-0.15, -0.1) is 0 Å². The molecular formula is C16H12BrNO2. The molecule has 2 aromatic carbocycles. The highest BCUT2D eigenvalue weighted by Gasteiger charge is 2.35. The lowest BCUT2D eigenvalue weighted by Crippen LogP contribution is -2.31. The van der Waals surface area contributed by atoms with Crippen LogP contribution in [0.25, 0.3) is 10.8 Å². The second-order valence-corrected chi connectivity index (χ2v) is 5.66. The average molecular weight is 330 g/mol. The molecule has 0 saturated heterocycles. The molecule has 0 spiro atoms. The third-order valence-corrected chi connectivity index (χ3v) is 4.39. The number of rotatable bonds is 1. The fourth-order valence-corrected chi connectivity index (χ4v) is 2.89. The summed E-state index contributed by atoms with van der Waals surface area (Å²) in [6.07, 6.45) is 0. The Hall–Kier alpha value is -1.94. The first-order chi connectivity index (χ1) is 9.52. The molecule has 1 aliphatic heterocycles. The van der Waals surface area contributed by atoms with Crippen molar-refractivity contribution in [2.75, 3.05) is 4.90 Å². The van der Waals surface area contributed by atoms with Gasteiger partial charge < -0.3 is 0 Å². The van der Waals surface area contributed by atoms with Crippen LogP contribution in [0.2, 0.25) is 0 Å². The van der Waals surface area contributed by atoms with Crippen LogP contribution >= 0.6 is 15.9 Å². The first kappa shape index (κ1) is 13.1. The standard InChI is InChI=1S/C16H12BrNO2/c1-9-10(2)16(20)18(15(9)19)14-8-7-13(17)11-5-3-4-6-12(11)14/h3-8H,1-2H3. The van der Waals surface area contributed by atoms with Crippen molar-refractivity contribution in [1.82, 2.24) is 0 Å². The molecule has 3 nitrogen and oxygen atoms in total. The normalized spacial score (nSPS) is 15.7. The number of hydrogen-bond donors (Lipinski definition) is 0. The fraction of sp³-hybridized carbons (Fsp3) is 0.125. The van der Waals surface area contributed by atoms with Crippen LogP contribution < -0.4 is 4.90 Å². The number of carbonyl (C=O) groups excluding carboxylic acids is 2. The molecule has 0 unspecified atom stereocenters. The quantitative estimate of drug-likeness (QED) is 0.746. The summed E-state index contributed by atoms with van der Waals surface area (Å²) < 4.78 is 0.942. The van der Waals surface area contributed by atoms with E-state index in [1.807, 2.05) is 30.3 Å². The summed E-state index contributed by atoms with van der Waals surface area (Å²) in [6, 6.07) is 11.4. The fourth-order valence-electron chi connectivity index (χ4n) is 2.41. The van der Waals surface area contributed by atoms with E-state index in [9.17, 15) is 9.59 Å². The highest BCUT2D eigenvalue weighted by Crippen LogP contribution is 2.35. The maximum absolute atomic E-state index is 12.3. The molecule has 0 aromatic heterocycles. The van der Waals surface area contributed by atoms with E-state index in [1.54, 1.807) is 19.9 Å². The molecule has 0 aliphatic carbocycles. The predicted octanol–water partition coefficient (Wildman–Crippen LogP) is 3.81. The SMILES string of the molecule is CC1=C(C)C(=O)N(c2ccc(Br)c3ccccc23)C1=O. The van der Waals surface area contributed by atoms with Crippen molar-refractivity contribution in [3.05, 3.63) is 52.0 Å². The van der Waals surface area contributed by atoms with E-state index >= 15 is 0 Å². The Kier molecular flexibility index (Phi) is 2.98. The minimum Gasteiger partial charge on any atom is -0.269 e. The minimum absolute atomic E-state index is 0.236. The van der Waals surface area contributed by atoms with Crippen LogP contribution in [0.15, 0.2) is 52.0 Å². The number of hydrogen-bond acceptors (Lipinski definition) is 2. The summed E-state index contributed by atoms with van der Waals surface area (Å²) >= 11 is 3.49. The number of benzene rings is 2. The van der Waals surface area contributed by atoms with E-state index in [2.05, 4.69) is 15.9 Å². The summed E-state index contributed by atoms with van der Waals surface area (Å²) in [5.41, 5.74) is 1.67. The first-order valence-corrected chi connectivity index (χ1v) is 7.05. The van der Waals surface area contributed by atoms with E-state index in [4.69, 9.17) is 0 Å². The molecule has 0 N–H and O–H groups in total. The van der Waals surface area contributed by atoms with Crippen LogP contribution in [0.4, 0.5) is 5.69 Å². The Morgan fingerprint density at radius 3 is 2.00 bits per heavy atom. The number of amides is 2. The summed E-state index contributed by atoms with van der Waals surface area (Å²) in [5, 5.41) is 1.86. The summed E-state index contributed by atoms with van der Waals surface area (Å²) in [7, 11) is 0. The van der Waals surface area contributed by atoms with Crippen molar-refractivity contribution in [3.63, 3.8) is 0 Å². The molecule has 4 heteroatoms. The monoisotopic (exact) mass is 329 g/mol. The second-order valence-electron chi connectivity index (χ2n) is 4.81. The molecule has 2 aromatic rings. The van der Waals surface area contributed by atoms with Crippen molar-refractivity contribution in [3.8, 4) is 0 Å². The Morgan fingerprint density at radius 2 is 1.40 bits per heavy atom. The number of halogens is 1. The third-order valence-electron chi connectivity index (χ3n) is 3.70. The molecule has 20 heavy (non-hydrogen) atoms. The summed E-state index contributed by atoms with van der Waals surface area (Å²) in [6.45, 7) is 3.38. The van der Waals surface area contributed by atoms with Gasteiger partial charge in [0.15, 0.2) is 0 Å². The molecule has 0 radical (unpaired) electrons. The average Bonchev–Trinajstić information content (AvgIpc) is 2.65. The zero-order valence-electron chi connectivity index (χ0n) is 11.1. The molecule has 0 fully saturated rings. The zero-order chi connectivity index (χ0) is 14.4. The van der Waals surface area contributed by atoms with Crippen LogP contribution in [0.1, 0.15) is 13.8 Å². The van der Waals surface area contributed by atoms with Gasteiger partial charge in [0.05, 0.1) is 5.69 Å². The summed E-state index contributed by atoms with van der Waals surface area (Å²) in [5.74, 6) is -0.472. The number of imide groups is 1. The van der Waals surface area contributed by atoms with Gasteiger partial charge in [-0.05, 0) is 31.4 Å². The Balaban J connectivity index is 2.25. The zero-order valence-corrected chi connectivity index (χ0v) is 12.7. The van der Waals surface area contributed by atoms with Crippen molar-refractivity contribution in [1.29, 1.82) is 0 Å². The number of carbonyl (C=O) groups is 2. The third kappa shape index (κ3) is 1.72. The molecule has 3 rings (SSSR count). The number of nitrogens with zero attached hydrogens (tertiary/aromatic N) is 1. The number of fused-ring (bicyclic) bond motifs is 1. The molecule has 2 amide bonds. The number of anilines is 1. The van der Waals surface area contributed by atoms with Crippen molar-refractivity contribution in [2.45, 2.75) is 13.8 Å². The molecule has 0 saturated carbocycles. The highest BCUT2D eigenvalue weighted by molar-refractivity contribution is 9.10. The van der Waals surface area contributed by atoms with Gasteiger partial charge >= 0.3 is 0 Å². The van der Waals surface area contributed by atoms with Crippen molar-refractivity contribution < 1.29 is 9.59 Å². The highest BCUT2D eigenvalue weighted by atomic mass is 79.9. The largest absolute Gasteiger partial charge is 0.269 e. The van der Waals surface area contributed by atoms with E-state index < -0.39 is 0 Å². The van der Waals surface area contributed by atoms with Gasteiger partial charge in [-0.25, -0.2) is 4.90 Å². The Labute approximate surface area is 125 Å². The lowest BCUT2D eigenvalue weighted by molar-refractivity contribution is -0.120. The first-order valence-electron chi connectivity index (χ1n) is 6.26. The Bertz CT molecular complexity index is 768. The van der Waals surface area contributed by atoms with Crippen LogP contribution in [-0.4, -0.2) is 11.8 Å². The molecule has 1 aliphatic rings. The Morgan fingerprint density at radius 1 is 0.850 bits per heavy atom. The van der Waals surface area contributed by atoms with Gasteiger partial charge in [0.25, 0.3) is 11.8 Å². The predicted molar refractivity (Wildman–Crippen MR) is 82.5 cm³/mol. The molecule has 100 valence electrons. The van der Waals surface area contributed by atoms with Crippen molar-refractivity contribution in [2.24, 2.45) is 0 Å². The topological polar surface area (TPSA) is 37.4 Å². The van der Waals surface area contributed by atoms with Crippen LogP contribution in [0.3, 0.4) is 0 Å². The van der Waals surface area contributed by atoms with Gasteiger partial charge in [0.2, 0.25) is 0 Å². The van der Waals surface area contributed by atoms with Crippen LogP contribution in [0, 0.1) is 0 Å². The minimum atomic E-state index is -0.236. The lowest BCUT2D eigenvalue weighted by Gasteiger charge is -2.18. The molecule has 0 bridgehead atoms. The van der Waals surface area contributed by atoms with Gasteiger partial charge in [0.1, 0.15) is 0 Å². The smallest absolute Gasteiger partial charge is 0.261 e. The maximum atomic E-state index is 12.3. The van der Waals surface area contributed by atoms with E-state index in [0.717, 1.165) is 15.2 Å². The van der Waals surface area contributed by atoms with Gasteiger partial charge in [0, 0.05) is 21.0 Å². The lowest BCUT2D eigenvalue weighted by atomic mass is 10.1. The van der Waals surface area contributed by atoms with Crippen LogP contribution in [-0.2, 0) is 9.59 Å². The van der Waals surface area contributed by atoms with Gasteiger partial charge in [-0.3, -0.25) is 9.59 Å². The van der Waals surface area contributed by atoms with Gasteiger partial charge in [-0.2, -0.15) is 0 Å². The van der Waals surface area contributed by atoms with Gasteiger partial charge in [-0.1, -0.05) is 40.2 Å².